The molecule has 1 amide bonds. The van der Waals surface area contributed by atoms with E-state index < -0.39 is 16.1 Å². The minimum absolute atomic E-state index is 0.0931. The van der Waals surface area contributed by atoms with Gasteiger partial charge in [-0.25, -0.2) is 13.4 Å². The lowest BCUT2D eigenvalue weighted by molar-refractivity contribution is -0.118. The maximum Gasteiger partial charge on any atom is 0.263 e. The van der Waals surface area contributed by atoms with Crippen molar-refractivity contribution in [2.24, 2.45) is 0 Å². The fourth-order valence-electron chi connectivity index (χ4n) is 3.16. The quantitative estimate of drug-likeness (QED) is 0.465. The van der Waals surface area contributed by atoms with Gasteiger partial charge in [0.05, 0.1) is 4.90 Å². The Kier molecular flexibility index (Phi) is 5.31. The van der Waals surface area contributed by atoms with E-state index in [4.69, 9.17) is 0 Å². The summed E-state index contributed by atoms with van der Waals surface area (Å²) >= 11 is 1.20. The lowest BCUT2D eigenvalue weighted by Gasteiger charge is -2.16. The molecule has 0 aliphatic rings. The van der Waals surface area contributed by atoms with Gasteiger partial charge in [-0.2, -0.15) is 0 Å². The highest BCUT2D eigenvalue weighted by molar-refractivity contribution is 7.93. The van der Waals surface area contributed by atoms with Gasteiger partial charge in [0.25, 0.3) is 10.0 Å². The molecule has 154 valence electrons. The second-order valence-electron chi connectivity index (χ2n) is 6.92. The Labute approximate surface area is 178 Å². The molecule has 7 nitrogen and oxygen atoms in total. The molecule has 2 aromatic carbocycles. The zero-order valence-corrected chi connectivity index (χ0v) is 18.0. The molecular formula is C21H20N4O3S2. The number of carbonyl (C=O) groups is 1. The van der Waals surface area contributed by atoms with Crippen LogP contribution in [0.4, 0.5) is 10.8 Å². The first-order chi connectivity index (χ1) is 14.3. The first kappa shape index (κ1) is 20.1. The third kappa shape index (κ3) is 4.07. The first-order valence-corrected chi connectivity index (χ1v) is 11.6. The van der Waals surface area contributed by atoms with Crippen molar-refractivity contribution < 1.29 is 13.2 Å². The number of carbonyl (C=O) groups excluding carboxylic acids is 1. The number of nitrogens with one attached hydrogen (secondary N) is 2. The average Bonchev–Trinajstić information content (AvgIpc) is 3.36. The number of thiazole rings is 1. The highest BCUT2D eigenvalue weighted by Crippen LogP contribution is 2.23. The van der Waals surface area contributed by atoms with Gasteiger partial charge in [-0.3, -0.25) is 9.52 Å². The second kappa shape index (κ2) is 7.92. The van der Waals surface area contributed by atoms with Crippen LogP contribution in [-0.2, 0) is 14.8 Å². The monoisotopic (exact) mass is 440 g/mol. The topological polar surface area (TPSA) is 93.1 Å². The molecule has 9 heteroatoms. The fourth-order valence-corrected chi connectivity index (χ4v) is 4.95. The average molecular weight is 441 g/mol. The number of aromatic nitrogens is 2. The summed E-state index contributed by atoms with van der Waals surface area (Å²) in [6, 6.07) is 13.7. The fraction of sp³-hybridized carbons (Fsp3) is 0.143. The molecule has 2 N–H and O–H groups in total. The van der Waals surface area contributed by atoms with Crippen molar-refractivity contribution in [3.8, 4) is 0 Å². The van der Waals surface area contributed by atoms with E-state index in [1.54, 1.807) is 17.5 Å². The van der Waals surface area contributed by atoms with Crippen LogP contribution in [0.3, 0.4) is 0 Å². The molecule has 0 fully saturated rings. The number of nitrogens with zero attached hydrogens (tertiary/aromatic N) is 2. The summed E-state index contributed by atoms with van der Waals surface area (Å²) < 4.78 is 29.2. The largest absolute Gasteiger partial charge is 0.335 e. The third-order valence-electron chi connectivity index (χ3n) is 4.76. The summed E-state index contributed by atoms with van der Waals surface area (Å²) in [4.78, 5) is 16.8. The SMILES string of the molecule is Cc1ccc2c(ccn2C(C)C(=O)Nc2ccc(S(=O)(=O)Nc3nccs3)cc2)c1. The molecule has 0 aliphatic heterocycles. The predicted octanol–water partition coefficient (Wildman–Crippen LogP) is 4.41. The van der Waals surface area contributed by atoms with Crippen LogP contribution in [0.5, 0.6) is 0 Å². The van der Waals surface area contributed by atoms with Gasteiger partial charge in [-0.15, -0.1) is 11.3 Å². The number of hydrogen-bond donors (Lipinski definition) is 2. The van der Waals surface area contributed by atoms with Gasteiger partial charge in [0.1, 0.15) is 6.04 Å². The summed E-state index contributed by atoms with van der Waals surface area (Å²) in [7, 11) is -3.73. The minimum Gasteiger partial charge on any atom is -0.335 e. The van der Waals surface area contributed by atoms with Gasteiger partial charge in [0, 0.05) is 29.0 Å². The molecule has 0 radical (unpaired) electrons. The molecule has 2 heterocycles. The van der Waals surface area contributed by atoms with E-state index in [1.165, 1.54) is 29.7 Å². The Bertz CT molecular complexity index is 1290. The molecule has 30 heavy (non-hydrogen) atoms. The molecule has 0 saturated heterocycles. The predicted molar refractivity (Wildman–Crippen MR) is 119 cm³/mol. The van der Waals surface area contributed by atoms with Gasteiger partial charge in [0.2, 0.25) is 5.91 Å². The lowest BCUT2D eigenvalue weighted by Crippen LogP contribution is -2.23. The van der Waals surface area contributed by atoms with E-state index in [0.717, 1.165) is 16.5 Å². The third-order valence-corrected chi connectivity index (χ3v) is 6.93. The maximum atomic E-state index is 12.7. The number of sulfonamides is 1. The molecule has 2 aromatic heterocycles. The summed E-state index contributed by atoms with van der Waals surface area (Å²) in [5.74, 6) is -0.190. The molecule has 0 saturated carbocycles. The Hall–Kier alpha value is -3.17. The van der Waals surface area contributed by atoms with Gasteiger partial charge >= 0.3 is 0 Å². The van der Waals surface area contributed by atoms with Gasteiger partial charge in [-0.05, 0) is 61.7 Å². The number of hydrogen-bond acceptors (Lipinski definition) is 5. The van der Waals surface area contributed by atoms with Crippen LogP contribution in [0.15, 0.2) is 71.2 Å². The van der Waals surface area contributed by atoms with Crippen LogP contribution in [-0.4, -0.2) is 23.9 Å². The van der Waals surface area contributed by atoms with Crippen LogP contribution in [0.1, 0.15) is 18.5 Å². The van der Waals surface area contributed by atoms with Crippen LogP contribution in [0.2, 0.25) is 0 Å². The van der Waals surface area contributed by atoms with E-state index >= 15 is 0 Å². The Balaban J connectivity index is 1.48. The summed E-state index contributed by atoms with van der Waals surface area (Å²) in [6.07, 6.45) is 3.42. The summed E-state index contributed by atoms with van der Waals surface area (Å²) in [5, 5.41) is 5.91. The second-order valence-corrected chi connectivity index (χ2v) is 9.49. The lowest BCUT2D eigenvalue weighted by atomic mass is 10.2. The van der Waals surface area contributed by atoms with Crippen molar-refractivity contribution >= 4 is 49.0 Å². The molecule has 1 unspecified atom stereocenters. The highest BCUT2D eigenvalue weighted by atomic mass is 32.2. The molecule has 0 bridgehead atoms. The maximum absolute atomic E-state index is 12.7. The summed E-state index contributed by atoms with van der Waals surface area (Å²) in [6.45, 7) is 3.86. The molecule has 0 spiro atoms. The van der Waals surface area contributed by atoms with Crippen LogP contribution in [0.25, 0.3) is 10.9 Å². The normalized spacial score (nSPS) is 12.6. The number of amides is 1. The molecule has 4 rings (SSSR count). The first-order valence-electron chi connectivity index (χ1n) is 9.24. The van der Waals surface area contributed by atoms with E-state index in [1.807, 2.05) is 42.8 Å². The number of fused-ring (bicyclic) bond motifs is 1. The van der Waals surface area contributed by atoms with Crippen molar-refractivity contribution in [3.05, 3.63) is 71.9 Å². The summed E-state index contributed by atoms with van der Waals surface area (Å²) in [5.41, 5.74) is 2.67. The minimum atomic E-state index is -3.73. The van der Waals surface area contributed by atoms with E-state index in [2.05, 4.69) is 21.1 Å². The Morgan fingerprint density at radius 3 is 2.60 bits per heavy atom. The number of rotatable bonds is 6. The highest BCUT2D eigenvalue weighted by Gasteiger charge is 2.18. The number of anilines is 2. The van der Waals surface area contributed by atoms with Crippen molar-refractivity contribution in [2.45, 2.75) is 24.8 Å². The molecule has 0 aliphatic carbocycles. The standard InChI is InChI=1S/C21H20N4O3S2/c1-14-3-8-19-16(13-14)9-11-25(19)15(2)20(26)23-17-4-6-18(7-5-17)30(27,28)24-21-22-10-12-29-21/h3-13,15H,1-2H3,(H,22,24)(H,23,26). The molecule has 4 aromatic rings. The molecular weight excluding hydrogens is 420 g/mol. The number of aryl methyl sites for hydroxylation is 1. The van der Waals surface area contributed by atoms with Crippen molar-refractivity contribution in [3.63, 3.8) is 0 Å². The van der Waals surface area contributed by atoms with Crippen LogP contribution >= 0.6 is 11.3 Å². The Morgan fingerprint density at radius 2 is 1.90 bits per heavy atom. The van der Waals surface area contributed by atoms with Crippen molar-refractivity contribution in [1.29, 1.82) is 0 Å². The smallest absolute Gasteiger partial charge is 0.263 e. The van der Waals surface area contributed by atoms with Crippen molar-refractivity contribution in [2.75, 3.05) is 10.0 Å². The van der Waals surface area contributed by atoms with Crippen LogP contribution < -0.4 is 10.0 Å². The van der Waals surface area contributed by atoms with E-state index in [0.29, 0.717) is 10.8 Å². The van der Waals surface area contributed by atoms with E-state index in [-0.39, 0.29) is 10.8 Å². The number of benzene rings is 2. The van der Waals surface area contributed by atoms with Gasteiger partial charge < -0.3 is 9.88 Å². The van der Waals surface area contributed by atoms with Crippen molar-refractivity contribution in [1.82, 2.24) is 9.55 Å². The zero-order valence-electron chi connectivity index (χ0n) is 16.4. The van der Waals surface area contributed by atoms with E-state index in [9.17, 15) is 13.2 Å². The Morgan fingerprint density at radius 1 is 1.13 bits per heavy atom. The van der Waals surface area contributed by atoms with Gasteiger partial charge in [0.15, 0.2) is 5.13 Å². The van der Waals surface area contributed by atoms with Gasteiger partial charge in [-0.1, -0.05) is 11.6 Å². The molecule has 1 atom stereocenters. The zero-order chi connectivity index (χ0) is 21.3. The van der Waals surface area contributed by atoms with Crippen LogP contribution in [0, 0.1) is 6.92 Å².